The molecule has 2 N–H and O–H groups in total. The number of hydrogen-bond acceptors (Lipinski definition) is 2. The van der Waals surface area contributed by atoms with Crippen LogP contribution in [-0.2, 0) is 12.5 Å². The van der Waals surface area contributed by atoms with Gasteiger partial charge in [0.25, 0.3) is 0 Å². The normalized spacial score (nSPS) is 18.9. The molecule has 0 radical (unpaired) electrons. The molecule has 0 spiro atoms. The highest BCUT2D eigenvalue weighted by atomic mass is 79.9. The zero-order chi connectivity index (χ0) is 13.5. The van der Waals surface area contributed by atoms with Gasteiger partial charge in [-0.3, -0.25) is 4.68 Å². The molecule has 0 saturated heterocycles. The van der Waals surface area contributed by atoms with Gasteiger partial charge in [-0.1, -0.05) is 25.3 Å². The number of aryl methyl sites for hydroxylation is 1. The monoisotopic (exact) mass is 321 g/mol. The zero-order valence-corrected chi connectivity index (χ0v) is 12.9. The lowest BCUT2D eigenvalue weighted by Crippen LogP contribution is -2.37. The van der Waals surface area contributed by atoms with Crippen LogP contribution in [0.4, 0.5) is 0 Å². The Hall–Kier alpha value is -0.870. The molecule has 0 atom stereocenters. The summed E-state index contributed by atoms with van der Waals surface area (Å²) in [6.45, 7) is 0.746. The standard InChI is InChI=1S/C15H20BrN3/c1-19-13-6-5-11(9-12(13)14(16)18-19)15(10-17)7-3-2-4-8-15/h5-6,9H,2-4,7-8,10,17H2,1H3. The van der Waals surface area contributed by atoms with E-state index in [1.807, 2.05) is 11.7 Å². The second-order valence-electron chi connectivity index (χ2n) is 5.69. The van der Waals surface area contributed by atoms with Gasteiger partial charge < -0.3 is 5.73 Å². The van der Waals surface area contributed by atoms with Crippen LogP contribution in [0, 0.1) is 0 Å². The van der Waals surface area contributed by atoms with E-state index in [1.165, 1.54) is 48.6 Å². The van der Waals surface area contributed by atoms with Crippen LogP contribution in [0.15, 0.2) is 22.8 Å². The van der Waals surface area contributed by atoms with E-state index in [9.17, 15) is 0 Å². The summed E-state index contributed by atoms with van der Waals surface area (Å²) < 4.78 is 2.84. The number of hydrogen-bond donors (Lipinski definition) is 1. The van der Waals surface area contributed by atoms with E-state index < -0.39 is 0 Å². The first-order chi connectivity index (χ1) is 9.16. The van der Waals surface area contributed by atoms with Gasteiger partial charge in [-0.05, 0) is 46.5 Å². The van der Waals surface area contributed by atoms with Gasteiger partial charge in [0.1, 0.15) is 4.60 Å². The van der Waals surface area contributed by atoms with Crippen LogP contribution in [0.25, 0.3) is 10.9 Å². The maximum atomic E-state index is 6.13. The van der Waals surface area contributed by atoms with Crippen LogP contribution in [0.3, 0.4) is 0 Å². The summed E-state index contributed by atoms with van der Waals surface area (Å²) >= 11 is 3.55. The van der Waals surface area contributed by atoms with E-state index in [2.05, 4.69) is 39.2 Å². The first kappa shape index (κ1) is 13.1. The Kier molecular flexibility index (Phi) is 3.39. The van der Waals surface area contributed by atoms with Gasteiger partial charge in [0.15, 0.2) is 0 Å². The van der Waals surface area contributed by atoms with Gasteiger partial charge in [-0.2, -0.15) is 5.10 Å². The lowest BCUT2D eigenvalue weighted by molar-refractivity contribution is 0.301. The molecule has 0 bridgehead atoms. The minimum absolute atomic E-state index is 0.182. The third-order valence-electron chi connectivity index (χ3n) is 4.62. The van der Waals surface area contributed by atoms with Gasteiger partial charge >= 0.3 is 0 Å². The Morgan fingerprint density at radius 1 is 1.32 bits per heavy atom. The first-order valence-electron chi connectivity index (χ1n) is 6.99. The van der Waals surface area contributed by atoms with Crippen LogP contribution in [0.2, 0.25) is 0 Å². The third kappa shape index (κ3) is 2.11. The molecule has 1 aromatic heterocycles. The average Bonchev–Trinajstić information content (AvgIpc) is 2.74. The maximum absolute atomic E-state index is 6.13. The van der Waals surface area contributed by atoms with E-state index in [-0.39, 0.29) is 5.41 Å². The minimum Gasteiger partial charge on any atom is -0.330 e. The molecule has 1 aliphatic carbocycles. The van der Waals surface area contributed by atoms with Gasteiger partial charge in [-0.15, -0.1) is 0 Å². The summed E-state index contributed by atoms with van der Waals surface area (Å²) in [5.74, 6) is 0. The third-order valence-corrected chi connectivity index (χ3v) is 5.20. The number of benzene rings is 1. The first-order valence-corrected chi connectivity index (χ1v) is 7.78. The highest BCUT2D eigenvalue weighted by Gasteiger charge is 2.32. The van der Waals surface area contributed by atoms with E-state index in [0.717, 1.165) is 11.1 Å². The van der Waals surface area contributed by atoms with Crippen LogP contribution in [-0.4, -0.2) is 16.3 Å². The SMILES string of the molecule is Cn1nc(Br)c2cc(C3(CN)CCCCC3)ccc21. The van der Waals surface area contributed by atoms with Gasteiger partial charge in [-0.25, -0.2) is 0 Å². The van der Waals surface area contributed by atoms with Crippen LogP contribution < -0.4 is 5.73 Å². The van der Waals surface area contributed by atoms with E-state index in [4.69, 9.17) is 5.73 Å². The van der Waals surface area contributed by atoms with Crippen molar-refractivity contribution in [3.05, 3.63) is 28.4 Å². The second-order valence-corrected chi connectivity index (χ2v) is 6.44. The number of aromatic nitrogens is 2. The fourth-order valence-corrected chi connectivity index (χ4v) is 3.95. The molecule has 0 unspecified atom stereocenters. The number of fused-ring (bicyclic) bond motifs is 1. The van der Waals surface area contributed by atoms with Crippen molar-refractivity contribution < 1.29 is 0 Å². The lowest BCUT2D eigenvalue weighted by Gasteiger charge is -2.37. The molecular weight excluding hydrogens is 302 g/mol. The molecule has 0 amide bonds. The average molecular weight is 322 g/mol. The van der Waals surface area contributed by atoms with Crippen LogP contribution >= 0.6 is 15.9 Å². The zero-order valence-electron chi connectivity index (χ0n) is 11.3. The fourth-order valence-electron chi connectivity index (χ4n) is 3.39. The Bertz CT molecular complexity index is 597. The van der Waals surface area contributed by atoms with E-state index in [0.29, 0.717) is 0 Å². The summed E-state index contributed by atoms with van der Waals surface area (Å²) in [4.78, 5) is 0. The van der Waals surface area contributed by atoms with Crippen LogP contribution in [0.1, 0.15) is 37.7 Å². The van der Waals surface area contributed by atoms with Crippen molar-refractivity contribution in [3.63, 3.8) is 0 Å². The Labute approximate surface area is 122 Å². The molecule has 0 aliphatic heterocycles. The van der Waals surface area contributed by atoms with Crippen molar-refractivity contribution in [2.45, 2.75) is 37.5 Å². The summed E-state index contributed by atoms with van der Waals surface area (Å²) in [5, 5.41) is 5.62. The Balaban J connectivity index is 2.11. The van der Waals surface area contributed by atoms with Crippen molar-refractivity contribution >= 4 is 26.8 Å². The fraction of sp³-hybridized carbons (Fsp3) is 0.533. The number of nitrogens with two attached hydrogens (primary N) is 1. The summed E-state index contributed by atoms with van der Waals surface area (Å²) in [6.07, 6.45) is 6.37. The van der Waals surface area contributed by atoms with Crippen molar-refractivity contribution in [3.8, 4) is 0 Å². The minimum atomic E-state index is 0.182. The molecule has 2 aromatic rings. The molecule has 1 aromatic carbocycles. The second kappa shape index (κ2) is 4.91. The molecule has 19 heavy (non-hydrogen) atoms. The molecule has 3 nitrogen and oxygen atoms in total. The van der Waals surface area contributed by atoms with Crippen molar-refractivity contribution in [1.29, 1.82) is 0 Å². The summed E-state index contributed by atoms with van der Waals surface area (Å²) in [7, 11) is 1.98. The molecular formula is C15H20BrN3. The Morgan fingerprint density at radius 3 is 2.74 bits per heavy atom. The quantitative estimate of drug-likeness (QED) is 0.920. The van der Waals surface area contributed by atoms with Crippen molar-refractivity contribution in [2.24, 2.45) is 12.8 Å². The molecule has 1 fully saturated rings. The predicted octanol–water partition coefficient (Wildman–Crippen LogP) is 3.50. The summed E-state index contributed by atoms with van der Waals surface area (Å²) in [6, 6.07) is 6.70. The number of nitrogens with zero attached hydrogens (tertiary/aromatic N) is 2. The number of rotatable bonds is 2. The lowest BCUT2D eigenvalue weighted by atomic mass is 9.69. The van der Waals surface area contributed by atoms with E-state index >= 15 is 0 Å². The van der Waals surface area contributed by atoms with Gasteiger partial charge in [0, 0.05) is 24.4 Å². The summed E-state index contributed by atoms with van der Waals surface area (Å²) in [5.41, 5.74) is 8.86. The molecule has 1 heterocycles. The van der Waals surface area contributed by atoms with Gasteiger partial charge in [0.05, 0.1) is 5.52 Å². The molecule has 1 saturated carbocycles. The number of halogens is 1. The van der Waals surface area contributed by atoms with Crippen molar-refractivity contribution in [2.75, 3.05) is 6.54 Å². The Morgan fingerprint density at radius 2 is 2.05 bits per heavy atom. The highest BCUT2D eigenvalue weighted by molar-refractivity contribution is 9.10. The molecule has 4 heteroatoms. The largest absolute Gasteiger partial charge is 0.330 e. The van der Waals surface area contributed by atoms with Crippen LogP contribution in [0.5, 0.6) is 0 Å². The molecule has 1 aliphatic rings. The molecule has 102 valence electrons. The van der Waals surface area contributed by atoms with E-state index in [1.54, 1.807) is 0 Å². The van der Waals surface area contributed by atoms with Crippen molar-refractivity contribution in [1.82, 2.24) is 9.78 Å². The van der Waals surface area contributed by atoms with Gasteiger partial charge in [0.2, 0.25) is 0 Å². The smallest absolute Gasteiger partial charge is 0.135 e. The topological polar surface area (TPSA) is 43.8 Å². The highest BCUT2D eigenvalue weighted by Crippen LogP contribution is 2.40. The predicted molar refractivity (Wildman–Crippen MR) is 82.2 cm³/mol. The maximum Gasteiger partial charge on any atom is 0.135 e. The molecule has 3 rings (SSSR count).